The molecule has 0 radical (unpaired) electrons. The van der Waals surface area contributed by atoms with Gasteiger partial charge < -0.3 is 29.4 Å². The van der Waals surface area contributed by atoms with Crippen LogP contribution in [0.1, 0.15) is 25.8 Å². The van der Waals surface area contributed by atoms with Gasteiger partial charge in [-0.3, -0.25) is 0 Å². The van der Waals surface area contributed by atoms with Crippen molar-refractivity contribution in [2.45, 2.75) is 62.2 Å². The largest absolute Gasteiger partial charge is 0.497 e. The van der Waals surface area contributed by atoms with Crippen LogP contribution in [0.4, 0.5) is 4.79 Å². The van der Waals surface area contributed by atoms with Gasteiger partial charge in [0.25, 0.3) is 0 Å². The number of carbonyl (C=O) groups is 1. The maximum atomic E-state index is 13.6. The fraction of sp³-hybridized carbons (Fsp3) is 0.552. The Hall–Kier alpha value is -2.70. The van der Waals surface area contributed by atoms with Crippen LogP contribution in [0, 0.1) is 17.8 Å². The van der Waals surface area contributed by atoms with E-state index in [1.807, 2.05) is 44.2 Å². The molecule has 2 heterocycles. The highest BCUT2D eigenvalue weighted by atomic mass is 32.2. The summed E-state index contributed by atoms with van der Waals surface area (Å²) in [6.45, 7) is 4.30. The molecule has 2 N–H and O–H groups in total. The van der Waals surface area contributed by atoms with E-state index in [1.165, 1.54) is 23.5 Å². The SMILES string of the molecule is COc1ccc(S(=O)(=O)N(CC(C)C)C[C@@H](O)[C@H](Cc2ccccc2)NC(=O)OC2C3CC4C(OCC42)O3)cc1. The zero-order valence-electron chi connectivity index (χ0n) is 23.0. The number of sulfonamides is 1. The van der Waals surface area contributed by atoms with Crippen molar-refractivity contribution in [3.63, 3.8) is 0 Å². The third-order valence-corrected chi connectivity index (χ3v) is 9.77. The fourth-order valence-corrected chi connectivity index (χ4v) is 7.56. The molecule has 11 heteroatoms. The van der Waals surface area contributed by atoms with Crippen LogP contribution < -0.4 is 10.1 Å². The standard InChI is InChI=1S/C29H38N2O8S/c1-18(2)15-31(40(34,35)21-11-9-20(36-3)10-12-21)16-25(32)24(13-19-7-5-4-6-8-19)30-29(33)39-27-23-17-37-28-22(23)14-26(27)38-28/h4-12,18,22-28,32H,13-17H2,1-3H3,(H,30,33)/t22?,23?,24-,25+,26?,27?,28?/m0/s1. The van der Waals surface area contributed by atoms with E-state index in [1.54, 1.807) is 12.1 Å². The second kappa shape index (κ2) is 12.0. The van der Waals surface area contributed by atoms with Crippen LogP contribution >= 0.6 is 0 Å². The molecule has 2 saturated heterocycles. The predicted octanol–water partition coefficient (Wildman–Crippen LogP) is 2.80. The van der Waals surface area contributed by atoms with Crippen LogP contribution in [-0.4, -0.2) is 81.4 Å². The number of fused-ring (bicyclic) bond motifs is 1. The summed E-state index contributed by atoms with van der Waals surface area (Å²) in [5.41, 5.74) is 0.885. The van der Waals surface area contributed by atoms with Gasteiger partial charge in [0.15, 0.2) is 6.29 Å². The number of aliphatic hydroxyl groups is 1. The quantitative estimate of drug-likeness (QED) is 0.397. The fourth-order valence-electron chi connectivity index (χ4n) is 5.94. The molecule has 10 nitrogen and oxygen atoms in total. The van der Waals surface area contributed by atoms with Crippen LogP contribution in [0.25, 0.3) is 0 Å². The Bertz CT molecular complexity index is 1250. The lowest BCUT2D eigenvalue weighted by molar-refractivity contribution is -0.142. The molecule has 3 aliphatic rings. The zero-order chi connectivity index (χ0) is 28.4. The smallest absolute Gasteiger partial charge is 0.407 e. The molecular weight excluding hydrogens is 536 g/mol. The molecule has 1 saturated carbocycles. The molecule has 5 unspecified atom stereocenters. The maximum Gasteiger partial charge on any atom is 0.407 e. The van der Waals surface area contributed by atoms with E-state index in [2.05, 4.69) is 5.32 Å². The first-order valence-electron chi connectivity index (χ1n) is 13.8. The summed E-state index contributed by atoms with van der Waals surface area (Å²) in [5.74, 6) is 0.881. The van der Waals surface area contributed by atoms with Crippen LogP contribution in [-0.2, 0) is 30.7 Å². The summed E-state index contributed by atoms with van der Waals surface area (Å²) in [6, 6.07) is 14.8. The number of amides is 1. The van der Waals surface area contributed by atoms with Crippen molar-refractivity contribution in [3.05, 3.63) is 60.2 Å². The average molecular weight is 575 g/mol. The molecule has 40 heavy (non-hydrogen) atoms. The number of rotatable bonds is 12. The predicted molar refractivity (Wildman–Crippen MR) is 146 cm³/mol. The van der Waals surface area contributed by atoms with E-state index >= 15 is 0 Å². The highest BCUT2D eigenvalue weighted by molar-refractivity contribution is 7.89. The van der Waals surface area contributed by atoms with Gasteiger partial charge in [-0.25, -0.2) is 13.2 Å². The first-order valence-corrected chi connectivity index (χ1v) is 15.2. The minimum Gasteiger partial charge on any atom is -0.497 e. The molecule has 0 aromatic heterocycles. The summed E-state index contributed by atoms with van der Waals surface area (Å²) >= 11 is 0. The summed E-state index contributed by atoms with van der Waals surface area (Å²) in [4.78, 5) is 13.2. The number of alkyl carbamates (subject to hydrolysis) is 1. The van der Waals surface area contributed by atoms with Gasteiger partial charge in [0, 0.05) is 24.9 Å². The number of carbonyl (C=O) groups excluding carboxylic acids is 1. The van der Waals surface area contributed by atoms with Gasteiger partial charge in [-0.1, -0.05) is 44.2 Å². The van der Waals surface area contributed by atoms with Gasteiger partial charge in [0.2, 0.25) is 10.0 Å². The lowest BCUT2D eigenvalue weighted by atomic mass is 9.97. The molecule has 1 aliphatic carbocycles. The number of hydrogen-bond donors (Lipinski definition) is 2. The number of ether oxygens (including phenoxy) is 4. The highest BCUT2D eigenvalue weighted by Crippen LogP contribution is 2.50. The minimum absolute atomic E-state index is 0.000895. The maximum absolute atomic E-state index is 13.6. The van der Waals surface area contributed by atoms with Crippen LogP contribution in [0.15, 0.2) is 59.5 Å². The summed E-state index contributed by atoms with van der Waals surface area (Å²) < 4.78 is 51.0. The van der Waals surface area contributed by atoms with Gasteiger partial charge in [0.1, 0.15) is 11.9 Å². The molecule has 2 bridgehead atoms. The van der Waals surface area contributed by atoms with Gasteiger partial charge in [-0.05, 0) is 48.6 Å². The van der Waals surface area contributed by atoms with E-state index in [-0.39, 0.29) is 54.6 Å². The molecule has 2 aliphatic heterocycles. The Morgan fingerprint density at radius 3 is 2.50 bits per heavy atom. The first kappa shape index (κ1) is 28.8. The Morgan fingerprint density at radius 2 is 1.82 bits per heavy atom. The van der Waals surface area contributed by atoms with E-state index in [9.17, 15) is 18.3 Å². The molecule has 7 atom stereocenters. The second-order valence-electron chi connectivity index (χ2n) is 11.2. The number of hydrogen-bond acceptors (Lipinski definition) is 8. The normalized spacial score (nSPS) is 26.7. The van der Waals surface area contributed by atoms with Crippen molar-refractivity contribution < 1.29 is 37.3 Å². The Balaban J connectivity index is 1.32. The topological polar surface area (TPSA) is 124 Å². The molecular formula is C29H38N2O8S. The van der Waals surface area contributed by atoms with Crippen molar-refractivity contribution in [3.8, 4) is 5.75 Å². The summed E-state index contributed by atoms with van der Waals surface area (Å²) in [7, 11) is -2.43. The monoisotopic (exact) mass is 574 g/mol. The molecule has 218 valence electrons. The van der Waals surface area contributed by atoms with Gasteiger partial charge in [-0.2, -0.15) is 4.31 Å². The number of nitrogens with one attached hydrogen (secondary N) is 1. The molecule has 2 aromatic rings. The summed E-state index contributed by atoms with van der Waals surface area (Å²) in [6.07, 6.45) is -1.60. The van der Waals surface area contributed by atoms with Gasteiger partial charge in [-0.15, -0.1) is 0 Å². The number of benzene rings is 2. The molecule has 1 amide bonds. The lowest BCUT2D eigenvalue weighted by Crippen LogP contribution is -2.52. The first-order chi connectivity index (χ1) is 19.2. The Labute approximate surface area is 235 Å². The van der Waals surface area contributed by atoms with Crippen molar-refractivity contribution in [2.24, 2.45) is 17.8 Å². The molecule has 0 spiro atoms. The number of aliphatic hydroxyl groups excluding tert-OH is 1. The van der Waals surface area contributed by atoms with Gasteiger partial charge in [0.05, 0.1) is 36.9 Å². The van der Waals surface area contributed by atoms with Crippen LogP contribution in [0.2, 0.25) is 0 Å². The zero-order valence-corrected chi connectivity index (χ0v) is 23.8. The van der Waals surface area contributed by atoms with Gasteiger partial charge >= 0.3 is 6.09 Å². The third-order valence-electron chi connectivity index (χ3n) is 7.92. The van der Waals surface area contributed by atoms with Crippen LogP contribution in [0.5, 0.6) is 5.75 Å². The van der Waals surface area contributed by atoms with Crippen molar-refractivity contribution >= 4 is 16.1 Å². The average Bonchev–Trinajstić information content (AvgIpc) is 3.58. The van der Waals surface area contributed by atoms with E-state index < -0.39 is 34.4 Å². The van der Waals surface area contributed by atoms with E-state index in [0.29, 0.717) is 12.4 Å². The summed E-state index contributed by atoms with van der Waals surface area (Å²) in [5, 5.41) is 14.3. The second-order valence-corrected chi connectivity index (χ2v) is 13.1. The Kier molecular flexibility index (Phi) is 8.67. The van der Waals surface area contributed by atoms with Crippen molar-refractivity contribution in [2.75, 3.05) is 26.8 Å². The minimum atomic E-state index is -3.94. The van der Waals surface area contributed by atoms with Crippen molar-refractivity contribution in [1.82, 2.24) is 9.62 Å². The van der Waals surface area contributed by atoms with E-state index in [0.717, 1.165) is 12.0 Å². The molecule has 3 fully saturated rings. The highest BCUT2D eigenvalue weighted by Gasteiger charge is 2.60. The number of methoxy groups -OCH3 is 1. The van der Waals surface area contributed by atoms with E-state index in [4.69, 9.17) is 18.9 Å². The Morgan fingerprint density at radius 1 is 1.10 bits per heavy atom. The van der Waals surface area contributed by atoms with Crippen LogP contribution in [0.3, 0.4) is 0 Å². The van der Waals surface area contributed by atoms with Crippen molar-refractivity contribution in [1.29, 1.82) is 0 Å². The molecule has 2 aromatic carbocycles. The number of nitrogens with zero attached hydrogens (tertiary/aromatic N) is 1. The lowest BCUT2D eigenvalue weighted by Gasteiger charge is -2.31. The molecule has 5 rings (SSSR count). The third kappa shape index (κ3) is 6.13.